The topological polar surface area (TPSA) is 24.9 Å². The largest absolute Gasteiger partial charge is 0.494 e. The molecule has 0 amide bonds. The number of nitrogens with zero attached hydrogens (tertiary/aromatic N) is 2. The van der Waals surface area contributed by atoms with Crippen LogP contribution in [0.4, 0.5) is 28.4 Å². The number of fused-ring (bicyclic) bond motifs is 3. The average Bonchev–Trinajstić information content (AvgIpc) is 3.14. The molecule has 0 unspecified atom stereocenters. The highest BCUT2D eigenvalue weighted by Crippen LogP contribution is 2.47. The number of allylic oxidation sites excluding steroid dienone is 3. The monoisotopic (exact) mass is 732 g/mol. The zero-order chi connectivity index (χ0) is 39.7. The van der Waals surface area contributed by atoms with E-state index in [9.17, 15) is 0 Å². The van der Waals surface area contributed by atoms with E-state index in [1.165, 1.54) is 55.7 Å². The lowest BCUT2D eigenvalue weighted by atomic mass is 9.32. The third kappa shape index (κ3) is 7.45. The standard InChI is InChI=1S/C50H61BN2O2/c1-33-15-25-40-45(32-54-27-14-28-55-33)53(39-23-18-35(19-24-39)48(5,6)7)44-31-37(50(11,12)13)30-43-46(44)51(40)41-29-36(49(8,9)10)20-26-42(41)52(43)38-21-16-34(17-22-38)47(2,3)4/h15-26,29-31H,1,14,27-28,32H2,2-13H3/b25-15-. The second-order valence-electron chi connectivity index (χ2n) is 19.9. The van der Waals surface area contributed by atoms with Crippen LogP contribution >= 0.6 is 0 Å². The van der Waals surface area contributed by atoms with Crippen molar-refractivity contribution in [3.05, 3.63) is 137 Å². The maximum absolute atomic E-state index is 6.60. The SMILES string of the molecule is C=C1/C=C\C2=C(COCCCO1)N(c1ccc(C(C)(C)C)cc1)c1cc(C(C)(C)C)cc3c1B2c1cc(C(C)(C)C)ccc1N3c1ccc(C(C)(C)C)cc1. The molecule has 0 saturated heterocycles. The van der Waals surface area contributed by atoms with E-state index >= 15 is 0 Å². The van der Waals surface area contributed by atoms with Crippen molar-refractivity contribution in [2.45, 2.75) is 111 Å². The van der Waals surface area contributed by atoms with E-state index in [1.54, 1.807) is 0 Å². The van der Waals surface area contributed by atoms with Gasteiger partial charge in [0.15, 0.2) is 0 Å². The number of anilines is 5. The maximum Gasteiger partial charge on any atom is 0.251 e. The summed E-state index contributed by atoms with van der Waals surface area (Å²) in [5, 5.41) is 0. The quantitative estimate of drug-likeness (QED) is 0.192. The van der Waals surface area contributed by atoms with Crippen LogP contribution < -0.4 is 20.7 Å². The summed E-state index contributed by atoms with van der Waals surface area (Å²) in [5.41, 5.74) is 16.1. The molecule has 3 aliphatic heterocycles. The van der Waals surface area contributed by atoms with Crippen molar-refractivity contribution in [2.24, 2.45) is 0 Å². The lowest BCUT2D eigenvalue weighted by molar-refractivity contribution is 0.124. The second-order valence-corrected chi connectivity index (χ2v) is 19.9. The molecule has 0 spiro atoms. The molecule has 4 aromatic rings. The molecule has 0 atom stereocenters. The van der Waals surface area contributed by atoms with Gasteiger partial charge in [0.05, 0.1) is 19.8 Å². The summed E-state index contributed by atoms with van der Waals surface area (Å²) in [6, 6.07) is 30.6. The van der Waals surface area contributed by atoms with Gasteiger partial charge in [-0.2, -0.15) is 0 Å². The zero-order valence-corrected chi connectivity index (χ0v) is 35.5. The highest BCUT2D eigenvalue weighted by molar-refractivity contribution is 6.95. The van der Waals surface area contributed by atoms with Gasteiger partial charge in [0, 0.05) is 40.6 Å². The Morgan fingerprint density at radius 3 is 1.60 bits per heavy atom. The third-order valence-electron chi connectivity index (χ3n) is 11.5. The lowest BCUT2D eigenvalue weighted by Crippen LogP contribution is -2.56. The van der Waals surface area contributed by atoms with Gasteiger partial charge in [-0.3, -0.25) is 0 Å². The van der Waals surface area contributed by atoms with Gasteiger partial charge in [-0.1, -0.05) is 132 Å². The van der Waals surface area contributed by atoms with Gasteiger partial charge in [-0.25, -0.2) is 0 Å². The molecule has 3 heterocycles. The molecule has 55 heavy (non-hydrogen) atoms. The van der Waals surface area contributed by atoms with Crippen LogP contribution in [0.2, 0.25) is 0 Å². The highest BCUT2D eigenvalue weighted by Gasteiger charge is 2.45. The van der Waals surface area contributed by atoms with Crippen LogP contribution in [-0.4, -0.2) is 26.5 Å². The molecule has 5 heteroatoms. The van der Waals surface area contributed by atoms with Gasteiger partial charge < -0.3 is 19.3 Å². The van der Waals surface area contributed by atoms with Crippen molar-refractivity contribution >= 4 is 46.1 Å². The first-order valence-corrected chi connectivity index (χ1v) is 20.2. The Morgan fingerprint density at radius 1 is 0.545 bits per heavy atom. The average molecular weight is 733 g/mol. The van der Waals surface area contributed by atoms with Gasteiger partial charge >= 0.3 is 0 Å². The van der Waals surface area contributed by atoms with Crippen LogP contribution in [-0.2, 0) is 31.1 Å². The summed E-state index contributed by atoms with van der Waals surface area (Å²) in [5.74, 6) is 0.670. The molecule has 7 rings (SSSR count). The van der Waals surface area contributed by atoms with Gasteiger partial charge in [0.1, 0.15) is 5.76 Å². The predicted molar refractivity (Wildman–Crippen MR) is 236 cm³/mol. The summed E-state index contributed by atoms with van der Waals surface area (Å²) < 4.78 is 12.7. The normalized spacial score (nSPS) is 17.2. The molecule has 0 aliphatic carbocycles. The van der Waals surface area contributed by atoms with Crippen molar-refractivity contribution in [3.63, 3.8) is 0 Å². The maximum atomic E-state index is 6.60. The predicted octanol–water partition coefficient (Wildman–Crippen LogP) is 11.7. The summed E-state index contributed by atoms with van der Waals surface area (Å²) in [4.78, 5) is 5.02. The summed E-state index contributed by atoms with van der Waals surface area (Å²) >= 11 is 0. The second kappa shape index (κ2) is 13.9. The Labute approximate surface area is 332 Å². The van der Waals surface area contributed by atoms with Crippen LogP contribution in [0.5, 0.6) is 0 Å². The van der Waals surface area contributed by atoms with Crippen molar-refractivity contribution in [1.29, 1.82) is 0 Å². The zero-order valence-electron chi connectivity index (χ0n) is 35.5. The van der Waals surface area contributed by atoms with E-state index < -0.39 is 0 Å². The molecule has 4 nitrogen and oxygen atoms in total. The van der Waals surface area contributed by atoms with E-state index in [0.29, 0.717) is 25.6 Å². The number of ether oxygens (including phenoxy) is 2. The van der Waals surface area contributed by atoms with E-state index in [0.717, 1.165) is 23.5 Å². The Bertz CT molecular complexity index is 2160. The minimum absolute atomic E-state index is 0.0323. The van der Waals surface area contributed by atoms with Crippen LogP contribution in [0.25, 0.3) is 0 Å². The highest BCUT2D eigenvalue weighted by atomic mass is 16.5. The summed E-state index contributed by atoms with van der Waals surface area (Å²) in [7, 11) is 0. The molecule has 0 N–H and O–H groups in total. The van der Waals surface area contributed by atoms with E-state index in [-0.39, 0.29) is 28.4 Å². The molecule has 0 radical (unpaired) electrons. The van der Waals surface area contributed by atoms with Crippen LogP contribution in [0.3, 0.4) is 0 Å². The van der Waals surface area contributed by atoms with E-state index in [1.807, 2.05) is 0 Å². The molecule has 0 saturated carbocycles. The fraction of sp³-hybridized carbons (Fsp3) is 0.400. The number of hydrogen-bond donors (Lipinski definition) is 0. The smallest absolute Gasteiger partial charge is 0.251 e. The molecule has 3 aliphatic rings. The minimum atomic E-state index is -0.102. The Kier molecular flexibility index (Phi) is 9.82. The molecule has 0 bridgehead atoms. The number of benzene rings is 4. The van der Waals surface area contributed by atoms with Gasteiger partial charge in [-0.15, -0.1) is 0 Å². The Hall–Kier alpha value is -4.48. The van der Waals surface area contributed by atoms with E-state index in [4.69, 9.17) is 9.47 Å². The van der Waals surface area contributed by atoms with Gasteiger partial charge in [-0.05, 0) is 109 Å². The summed E-state index contributed by atoms with van der Waals surface area (Å²) in [6.45, 7) is 33.5. The van der Waals surface area contributed by atoms with Crippen LogP contribution in [0.15, 0.2) is 115 Å². The first-order valence-electron chi connectivity index (χ1n) is 20.2. The molecular formula is C50H61BN2O2. The van der Waals surface area contributed by atoms with Crippen molar-refractivity contribution in [2.75, 3.05) is 29.6 Å². The van der Waals surface area contributed by atoms with Crippen LogP contribution in [0.1, 0.15) is 112 Å². The molecule has 4 aromatic carbocycles. The molecule has 0 aromatic heterocycles. The van der Waals surface area contributed by atoms with Crippen molar-refractivity contribution in [3.8, 4) is 0 Å². The first kappa shape index (κ1) is 38.8. The Balaban J connectivity index is 1.61. The summed E-state index contributed by atoms with van der Waals surface area (Å²) in [6.07, 6.45) is 5.13. The third-order valence-corrected chi connectivity index (χ3v) is 11.5. The van der Waals surface area contributed by atoms with Crippen LogP contribution in [0, 0.1) is 0 Å². The van der Waals surface area contributed by atoms with E-state index in [2.05, 4.69) is 190 Å². The minimum Gasteiger partial charge on any atom is -0.494 e. The van der Waals surface area contributed by atoms with Gasteiger partial charge in [0.2, 0.25) is 0 Å². The lowest BCUT2D eigenvalue weighted by Gasteiger charge is -2.46. The first-order chi connectivity index (χ1) is 25.7. The fourth-order valence-electron chi connectivity index (χ4n) is 8.13. The van der Waals surface area contributed by atoms with Gasteiger partial charge in [0.25, 0.3) is 6.71 Å². The number of hydrogen-bond acceptors (Lipinski definition) is 4. The Morgan fingerprint density at radius 2 is 1.05 bits per heavy atom. The van der Waals surface area contributed by atoms with Crippen molar-refractivity contribution < 1.29 is 9.47 Å². The fourth-order valence-corrected chi connectivity index (χ4v) is 8.13. The molecule has 0 fully saturated rings. The molecular weight excluding hydrogens is 671 g/mol. The number of rotatable bonds is 2. The molecule has 286 valence electrons. The van der Waals surface area contributed by atoms with Crippen molar-refractivity contribution in [1.82, 2.24) is 0 Å².